The molecular formula is C26H54. The molecule has 0 aromatic rings. The van der Waals surface area contributed by atoms with Crippen LogP contribution in [-0.4, -0.2) is 0 Å². The molecule has 3 rings (SSSR count). The van der Waals surface area contributed by atoms with Gasteiger partial charge in [-0.3, -0.25) is 0 Å². The first kappa shape index (κ1) is 26.0. The van der Waals surface area contributed by atoms with Gasteiger partial charge < -0.3 is 0 Å². The van der Waals surface area contributed by atoms with Gasteiger partial charge in [0, 0.05) is 0 Å². The number of hydrogen-bond acceptors (Lipinski definition) is 0. The predicted molar refractivity (Wildman–Crippen MR) is 122 cm³/mol. The van der Waals surface area contributed by atoms with Crippen LogP contribution in [0.2, 0.25) is 0 Å². The van der Waals surface area contributed by atoms with Crippen LogP contribution in [0.1, 0.15) is 132 Å². The van der Waals surface area contributed by atoms with Crippen molar-refractivity contribution in [3.8, 4) is 0 Å². The van der Waals surface area contributed by atoms with E-state index in [0.29, 0.717) is 0 Å². The van der Waals surface area contributed by atoms with Crippen LogP contribution < -0.4 is 0 Å². The first-order chi connectivity index (χ1) is 12.0. The maximum atomic E-state index is 2.37. The molecule has 3 aliphatic carbocycles. The van der Waals surface area contributed by atoms with E-state index in [1.807, 2.05) is 0 Å². The van der Waals surface area contributed by atoms with E-state index in [9.17, 15) is 0 Å². The van der Waals surface area contributed by atoms with Crippen LogP contribution in [-0.2, 0) is 0 Å². The van der Waals surface area contributed by atoms with Gasteiger partial charge in [0.2, 0.25) is 0 Å². The van der Waals surface area contributed by atoms with Crippen LogP contribution in [0.5, 0.6) is 0 Å². The van der Waals surface area contributed by atoms with E-state index in [1.165, 1.54) is 83.5 Å². The average Bonchev–Trinajstić information content (AvgIpc) is 2.98. The minimum atomic E-state index is 0. The smallest absolute Gasteiger partial charge is 0.0389 e. The molecule has 0 saturated heterocycles. The van der Waals surface area contributed by atoms with E-state index >= 15 is 0 Å². The highest BCUT2D eigenvalue weighted by molar-refractivity contribution is 4.73. The van der Waals surface area contributed by atoms with Crippen molar-refractivity contribution in [1.29, 1.82) is 0 Å². The SMILES string of the molecule is C.CC1CCC(C)C1.CC1CCCC(C)C1.CCC1CCCCC1CC. The molecular weight excluding hydrogens is 312 g/mol. The van der Waals surface area contributed by atoms with Gasteiger partial charge in [0.05, 0.1) is 0 Å². The van der Waals surface area contributed by atoms with Crippen molar-refractivity contribution in [1.82, 2.24) is 0 Å². The largest absolute Gasteiger partial charge is 0.0776 e. The third-order valence-electron chi connectivity index (χ3n) is 7.27. The summed E-state index contributed by atoms with van der Waals surface area (Å²) < 4.78 is 0. The Labute approximate surface area is 168 Å². The molecule has 26 heavy (non-hydrogen) atoms. The van der Waals surface area contributed by atoms with E-state index < -0.39 is 0 Å². The average molecular weight is 367 g/mol. The summed E-state index contributed by atoms with van der Waals surface area (Å²) in [5.41, 5.74) is 0. The van der Waals surface area contributed by atoms with Crippen molar-refractivity contribution in [3.63, 3.8) is 0 Å². The molecule has 0 N–H and O–H groups in total. The summed E-state index contributed by atoms with van der Waals surface area (Å²) in [5, 5.41) is 0. The second-order valence-corrected chi connectivity index (χ2v) is 10.0. The fraction of sp³-hybridized carbons (Fsp3) is 1.00. The Kier molecular flexibility index (Phi) is 15.0. The Morgan fingerprint density at radius 3 is 1.08 bits per heavy atom. The van der Waals surface area contributed by atoms with E-state index in [-0.39, 0.29) is 7.43 Å². The molecule has 6 unspecified atom stereocenters. The van der Waals surface area contributed by atoms with Crippen molar-refractivity contribution >= 4 is 0 Å². The summed E-state index contributed by atoms with van der Waals surface area (Å²) in [6.45, 7) is 14.1. The van der Waals surface area contributed by atoms with Gasteiger partial charge in [-0.25, -0.2) is 0 Å². The zero-order valence-corrected chi connectivity index (χ0v) is 18.7. The summed E-state index contributed by atoms with van der Waals surface area (Å²) in [5.74, 6) is 6.21. The van der Waals surface area contributed by atoms with Gasteiger partial charge in [0.1, 0.15) is 0 Å². The zero-order valence-electron chi connectivity index (χ0n) is 18.7. The van der Waals surface area contributed by atoms with Gasteiger partial charge in [0.15, 0.2) is 0 Å². The Balaban J connectivity index is 0.000000359. The topological polar surface area (TPSA) is 0 Å². The van der Waals surface area contributed by atoms with E-state index in [4.69, 9.17) is 0 Å². The molecule has 0 aromatic heterocycles. The number of hydrogen-bond donors (Lipinski definition) is 0. The summed E-state index contributed by atoms with van der Waals surface area (Å²) in [6, 6.07) is 0. The maximum Gasteiger partial charge on any atom is -0.0389 e. The van der Waals surface area contributed by atoms with E-state index in [2.05, 4.69) is 41.5 Å². The molecule has 0 spiro atoms. The molecule has 0 aliphatic heterocycles. The quantitative estimate of drug-likeness (QED) is 0.456. The monoisotopic (exact) mass is 366 g/mol. The van der Waals surface area contributed by atoms with Crippen molar-refractivity contribution < 1.29 is 0 Å². The van der Waals surface area contributed by atoms with Crippen LogP contribution in [0.3, 0.4) is 0 Å². The maximum absolute atomic E-state index is 2.37. The van der Waals surface area contributed by atoms with Gasteiger partial charge >= 0.3 is 0 Å². The van der Waals surface area contributed by atoms with Gasteiger partial charge in [-0.05, 0) is 48.3 Å². The molecule has 0 nitrogen and oxygen atoms in total. The van der Waals surface area contributed by atoms with Crippen molar-refractivity contribution in [2.24, 2.45) is 35.5 Å². The van der Waals surface area contributed by atoms with Gasteiger partial charge in [-0.2, -0.15) is 0 Å². The highest BCUT2D eigenvalue weighted by Gasteiger charge is 2.21. The van der Waals surface area contributed by atoms with Crippen LogP contribution in [0.15, 0.2) is 0 Å². The number of rotatable bonds is 2. The van der Waals surface area contributed by atoms with Crippen molar-refractivity contribution in [2.45, 2.75) is 132 Å². The Morgan fingerprint density at radius 2 is 0.846 bits per heavy atom. The minimum Gasteiger partial charge on any atom is -0.0776 e. The summed E-state index contributed by atoms with van der Waals surface area (Å²) in [6.07, 6.45) is 19.2. The molecule has 3 aliphatic rings. The molecule has 0 heterocycles. The lowest BCUT2D eigenvalue weighted by molar-refractivity contribution is 0.224. The molecule has 3 saturated carbocycles. The predicted octanol–water partition coefficient (Wildman–Crippen LogP) is 9.52. The standard InChI is InChI=1S/C10H20.C8H16.C7H14.CH4/c1-3-9-7-5-6-8-10(9)4-2;1-7-4-3-5-8(2)6-7;1-6-3-4-7(2)5-6;/h9-10H,3-8H2,1-2H3;7-8H,3-6H2,1-2H3;6-7H,3-5H2,1-2H3;1H4. The zero-order chi connectivity index (χ0) is 18.7. The lowest BCUT2D eigenvalue weighted by Crippen LogP contribution is -2.17. The molecule has 158 valence electrons. The molecule has 0 radical (unpaired) electrons. The molecule has 0 amide bonds. The molecule has 6 atom stereocenters. The summed E-state index contributed by atoms with van der Waals surface area (Å²) in [7, 11) is 0. The van der Waals surface area contributed by atoms with Crippen molar-refractivity contribution in [2.75, 3.05) is 0 Å². The lowest BCUT2D eigenvalue weighted by Gasteiger charge is -2.29. The van der Waals surface area contributed by atoms with Gasteiger partial charge in [-0.1, -0.05) is 120 Å². The van der Waals surface area contributed by atoms with E-state index in [0.717, 1.165) is 35.5 Å². The van der Waals surface area contributed by atoms with E-state index in [1.54, 1.807) is 0 Å². The van der Waals surface area contributed by atoms with Crippen LogP contribution in [0.4, 0.5) is 0 Å². The normalized spacial score (nSPS) is 36.7. The second kappa shape index (κ2) is 15.0. The second-order valence-electron chi connectivity index (χ2n) is 10.0. The third-order valence-corrected chi connectivity index (χ3v) is 7.27. The third kappa shape index (κ3) is 11.0. The Morgan fingerprint density at radius 1 is 0.500 bits per heavy atom. The first-order valence-electron chi connectivity index (χ1n) is 12.0. The fourth-order valence-electron chi connectivity index (χ4n) is 5.59. The van der Waals surface area contributed by atoms with Crippen LogP contribution >= 0.6 is 0 Å². The van der Waals surface area contributed by atoms with Crippen LogP contribution in [0, 0.1) is 35.5 Å². The molecule has 3 fully saturated rings. The van der Waals surface area contributed by atoms with Gasteiger partial charge in [0.25, 0.3) is 0 Å². The van der Waals surface area contributed by atoms with Crippen LogP contribution in [0.25, 0.3) is 0 Å². The molecule has 0 heteroatoms. The van der Waals surface area contributed by atoms with Crippen molar-refractivity contribution in [3.05, 3.63) is 0 Å². The Bertz CT molecular complexity index is 279. The molecule has 0 bridgehead atoms. The summed E-state index contributed by atoms with van der Waals surface area (Å²) in [4.78, 5) is 0. The fourth-order valence-corrected chi connectivity index (χ4v) is 5.59. The molecule has 0 aromatic carbocycles. The summed E-state index contributed by atoms with van der Waals surface area (Å²) >= 11 is 0. The van der Waals surface area contributed by atoms with Gasteiger partial charge in [-0.15, -0.1) is 0 Å². The Hall–Kier alpha value is 0. The highest BCUT2D eigenvalue weighted by atomic mass is 14.3. The minimum absolute atomic E-state index is 0. The first-order valence-corrected chi connectivity index (χ1v) is 12.0. The highest BCUT2D eigenvalue weighted by Crippen LogP contribution is 2.34. The lowest BCUT2D eigenvalue weighted by atomic mass is 9.77.